The number of hydrogen-bond acceptors (Lipinski definition) is 8. The fourth-order valence-electron chi connectivity index (χ4n) is 1.91. The molecule has 10 heteroatoms. The summed E-state index contributed by atoms with van der Waals surface area (Å²) >= 11 is 0. The summed E-state index contributed by atoms with van der Waals surface area (Å²) in [4.78, 5) is 38.2. The first-order valence-electron chi connectivity index (χ1n) is 7.64. The number of carboxylic acid groups (broad SMARTS) is 1. The highest BCUT2D eigenvalue weighted by molar-refractivity contribution is 6.55. The van der Waals surface area contributed by atoms with Crippen LogP contribution in [0, 0.1) is 0 Å². The second kappa shape index (κ2) is 11.0. The van der Waals surface area contributed by atoms with Gasteiger partial charge in [-0.3, -0.25) is 19.7 Å². The van der Waals surface area contributed by atoms with Gasteiger partial charge in [-0.05, 0) is 0 Å². The van der Waals surface area contributed by atoms with E-state index in [2.05, 4.69) is 10.3 Å². The van der Waals surface area contributed by atoms with Crippen molar-refractivity contribution in [3.63, 3.8) is 0 Å². The topological polar surface area (TPSA) is 148 Å². The van der Waals surface area contributed by atoms with Crippen molar-refractivity contribution in [3.8, 4) is 0 Å². The summed E-state index contributed by atoms with van der Waals surface area (Å²) in [5.41, 5.74) is 0.408. The van der Waals surface area contributed by atoms with Crippen LogP contribution in [0.1, 0.15) is 16.8 Å². The van der Waals surface area contributed by atoms with Crippen LogP contribution in [0.4, 0.5) is 0 Å². The number of aliphatic carboxylic acids is 1. The SMILES string of the molecule is [B]C([O-])=NC(CO)COC(=O)CC(NCC(=O)c1ccccc1)C(=O)O. The number of aliphatic hydroxyl groups is 1. The van der Waals surface area contributed by atoms with Crippen LogP contribution in [0.15, 0.2) is 35.3 Å². The summed E-state index contributed by atoms with van der Waals surface area (Å²) in [5, 5.41) is 31.2. The van der Waals surface area contributed by atoms with Gasteiger partial charge >= 0.3 is 11.9 Å². The van der Waals surface area contributed by atoms with E-state index in [0.717, 1.165) is 0 Å². The van der Waals surface area contributed by atoms with Crippen molar-refractivity contribution in [2.75, 3.05) is 19.8 Å². The van der Waals surface area contributed by atoms with Crippen molar-refractivity contribution < 1.29 is 34.4 Å². The van der Waals surface area contributed by atoms with Gasteiger partial charge in [0.25, 0.3) is 0 Å². The standard InChI is InChI=1S/C16H19BN2O7/c17-16(25)19-11(8-20)9-26-14(22)6-12(15(23)24)18-7-13(21)10-4-2-1-3-5-10/h1-5,11-12,18,20H,6-9H2,(H,19,25)(H,23,24)/p-1. The van der Waals surface area contributed by atoms with Crippen LogP contribution in [0.2, 0.25) is 0 Å². The molecule has 0 saturated carbocycles. The van der Waals surface area contributed by atoms with Crippen molar-refractivity contribution in [3.05, 3.63) is 35.9 Å². The van der Waals surface area contributed by atoms with E-state index >= 15 is 0 Å². The molecule has 0 aliphatic rings. The third-order valence-electron chi connectivity index (χ3n) is 3.23. The normalized spacial score (nSPS) is 13.7. The van der Waals surface area contributed by atoms with Gasteiger partial charge in [-0.1, -0.05) is 36.1 Å². The Hall–Kier alpha value is -2.72. The highest BCUT2D eigenvalue weighted by Crippen LogP contribution is 2.02. The Labute approximate surface area is 151 Å². The molecule has 0 fully saturated rings. The van der Waals surface area contributed by atoms with Crippen LogP contribution in [-0.2, 0) is 14.3 Å². The molecule has 9 nitrogen and oxygen atoms in total. The maximum absolute atomic E-state index is 12.0. The lowest BCUT2D eigenvalue weighted by atomic mass is 10.1. The number of ether oxygens (including phenoxy) is 1. The molecule has 0 bridgehead atoms. The molecule has 1 aromatic rings. The van der Waals surface area contributed by atoms with E-state index in [1.165, 1.54) is 0 Å². The van der Waals surface area contributed by atoms with Gasteiger partial charge in [0.05, 0.1) is 19.6 Å². The zero-order valence-corrected chi connectivity index (χ0v) is 13.8. The number of nitrogens with one attached hydrogen (secondary N) is 1. The van der Waals surface area contributed by atoms with E-state index in [9.17, 15) is 19.5 Å². The number of Topliss-reactive ketones (excluding diaryl/α,β-unsaturated/α-hetero) is 1. The van der Waals surface area contributed by atoms with Crippen molar-refractivity contribution in [1.82, 2.24) is 5.32 Å². The molecule has 0 amide bonds. The van der Waals surface area contributed by atoms with Crippen LogP contribution in [0.5, 0.6) is 0 Å². The number of esters is 1. The molecule has 138 valence electrons. The minimum absolute atomic E-state index is 0.273. The fraction of sp³-hybridized carbons (Fsp3) is 0.375. The van der Waals surface area contributed by atoms with E-state index in [1.807, 2.05) is 0 Å². The highest BCUT2D eigenvalue weighted by Gasteiger charge is 2.23. The lowest BCUT2D eigenvalue weighted by Gasteiger charge is -2.16. The molecule has 3 N–H and O–H groups in total. The van der Waals surface area contributed by atoms with Gasteiger partial charge in [0.2, 0.25) is 0 Å². The number of carboxylic acids is 1. The number of rotatable bonds is 11. The summed E-state index contributed by atoms with van der Waals surface area (Å²) in [6, 6.07) is 5.91. The number of carbonyl (C=O) groups is 3. The van der Waals surface area contributed by atoms with Crippen molar-refractivity contribution in [1.29, 1.82) is 0 Å². The summed E-state index contributed by atoms with van der Waals surface area (Å²) in [5.74, 6) is -3.58. The molecule has 1 aromatic carbocycles. The second-order valence-corrected chi connectivity index (χ2v) is 5.25. The summed E-state index contributed by atoms with van der Waals surface area (Å²) in [6.45, 7) is -1.26. The molecule has 0 spiro atoms. The maximum Gasteiger partial charge on any atom is 0.321 e. The number of aliphatic hydroxyl groups excluding tert-OH is 1. The monoisotopic (exact) mass is 361 g/mol. The first-order chi connectivity index (χ1) is 12.3. The molecule has 0 aliphatic heterocycles. The average molecular weight is 361 g/mol. The minimum atomic E-state index is -1.34. The molecular weight excluding hydrogens is 343 g/mol. The quantitative estimate of drug-likeness (QED) is 0.136. The lowest BCUT2D eigenvalue weighted by Crippen LogP contribution is -2.41. The average Bonchev–Trinajstić information content (AvgIpc) is 2.61. The Kier molecular flexibility index (Phi) is 9.03. The van der Waals surface area contributed by atoms with Crippen LogP contribution < -0.4 is 10.4 Å². The Bertz CT molecular complexity index is 647. The van der Waals surface area contributed by atoms with Crippen LogP contribution in [-0.4, -0.2) is 73.4 Å². The molecule has 2 radical (unpaired) electrons. The first-order valence-corrected chi connectivity index (χ1v) is 7.64. The second-order valence-electron chi connectivity index (χ2n) is 5.25. The van der Waals surface area contributed by atoms with Crippen molar-refractivity contribution >= 4 is 31.4 Å². The molecule has 2 atom stereocenters. The smallest absolute Gasteiger partial charge is 0.321 e. The van der Waals surface area contributed by atoms with Gasteiger partial charge in [-0.15, -0.1) is 0 Å². The molecular formula is C16H18BN2O7-. The zero-order valence-electron chi connectivity index (χ0n) is 13.8. The van der Waals surface area contributed by atoms with Crippen molar-refractivity contribution in [2.24, 2.45) is 4.99 Å². The van der Waals surface area contributed by atoms with Crippen LogP contribution >= 0.6 is 0 Å². The largest absolute Gasteiger partial charge is 0.870 e. The van der Waals surface area contributed by atoms with Crippen molar-refractivity contribution in [2.45, 2.75) is 18.5 Å². The van der Waals surface area contributed by atoms with Gasteiger partial charge in [0.1, 0.15) is 26.5 Å². The fourth-order valence-corrected chi connectivity index (χ4v) is 1.91. The maximum atomic E-state index is 12.0. The van der Waals surface area contributed by atoms with Crippen LogP contribution in [0.3, 0.4) is 0 Å². The minimum Gasteiger partial charge on any atom is -0.870 e. The van der Waals surface area contributed by atoms with Gasteiger partial charge < -0.3 is 25.0 Å². The predicted octanol–water partition coefficient (Wildman–Crippen LogP) is -1.91. The van der Waals surface area contributed by atoms with E-state index in [4.69, 9.17) is 22.8 Å². The zero-order chi connectivity index (χ0) is 19.5. The molecule has 1 rings (SSSR count). The Morgan fingerprint density at radius 2 is 1.92 bits per heavy atom. The number of hydrogen-bond donors (Lipinski definition) is 3. The molecule has 2 unspecified atom stereocenters. The number of aliphatic imine (C=N–C) groups is 1. The van der Waals surface area contributed by atoms with E-state index < -0.39 is 49.5 Å². The summed E-state index contributed by atoms with van der Waals surface area (Å²) in [6.07, 6.45) is -0.549. The Morgan fingerprint density at radius 3 is 2.46 bits per heavy atom. The molecule has 0 aromatic heterocycles. The molecule has 26 heavy (non-hydrogen) atoms. The third kappa shape index (κ3) is 7.91. The summed E-state index contributed by atoms with van der Waals surface area (Å²) < 4.78 is 4.78. The highest BCUT2D eigenvalue weighted by atomic mass is 16.5. The summed E-state index contributed by atoms with van der Waals surface area (Å²) in [7, 11) is 4.83. The molecule has 0 aliphatic carbocycles. The van der Waals surface area contributed by atoms with E-state index in [1.54, 1.807) is 30.3 Å². The number of nitrogens with zero attached hydrogens (tertiary/aromatic N) is 1. The number of benzene rings is 1. The first kappa shape index (κ1) is 21.3. The Morgan fingerprint density at radius 1 is 1.27 bits per heavy atom. The van der Waals surface area contributed by atoms with Gasteiger partial charge in [-0.25, -0.2) is 0 Å². The van der Waals surface area contributed by atoms with E-state index in [0.29, 0.717) is 5.56 Å². The van der Waals surface area contributed by atoms with Gasteiger partial charge in [0.15, 0.2) is 5.78 Å². The third-order valence-corrected chi connectivity index (χ3v) is 3.23. The lowest BCUT2D eigenvalue weighted by molar-refractivity contribution is -0.208. The number of ketones is 1. The predicted molar refractivity (Wildman–Crippen MR) is 89.8 cm³/mol. The van der Waals surface area contributed by atoms with Gasteiger partial charge in [0, 0.05) is 5.56 Å². The van der Waals surface area contributed by atoms with Crippen LogP contribution in [0.25, 0.3) is 0 Å². The van der Waals surface area contributed by atoms with E-state index in [-0.39, 0.29) is 12.3 Å². The number of carbonyl (C=O) groups excluding carboxylic acids is 2. The van der Waals surface area contributed by atoms with Gasteiger partial charge in [-0.2, -0.15) is 0 Å². The Balaban J connectivity index is 2.51. The molecule has 0 saturated heterocycles. The molecule has 0 heterocycles.